The Labute approximate surface area is 108 Å². The van der Waals surface area contributed by atoms with Gasteiger partial charge < -0.3 is 5.11 Å². The van der Waals surface area contributed by atoms with Crippen molar-refractivity contribution in [1.82, 2.24) is 0 Å². The van der Waals surface area contributed by atoms with E-state index in [-0.39, 0.29) is 6.54 Å². The number of benzene rings is 2. The molecule has 0 aliphatic rings. The van der Waals surface area contributed by atoms with Crippen LogP contribution in [0.25, 0.3) is 11.1 Å². The van der Waals surface area contributed by atoms with Gasteiger partial charge in [0, 0.05) is 5.02 Å². The average molecular weight is 266 g/mol. The van der Waals surface area contributed by atoms with Gasteiger partial charge in [0.05, 0.1) is 0 Å². The minimum Gasteiger partial charge on any atom is -0.505 e. The van der Waals surface area contributed by atoms with Crippen molar-refractivity contribution in [1.29, 1.82) is 0 Å². The molecule has 0 aliphatic carbocycles. The number of aromatic hydroxyl groups is 1. The van der Waals surface area contributed by atoms with Crippen molar-refractivity contribution >= 4 is 11.6 Å². The third kappa shape index (κ3) is 2.49. The fraction of sp³-hybridized carbons (Fsp3) is 0.0769. The van der Waals surface area contributed by atoms with E-state index >= 15 is 0 Å². The van der Waals surface area contributed by atoms with Crippen molar-refractivity contribution in [3.8, 4) is 16.9 Å². The van der Waals surface area contributed by atoms with E-state index in [1.807, 2.05) is 0 Å². The Bertz CT molecular complexity index is 602. The van der Waals surface area contributed by atoms with E-state index < -0.39 is 11.6 Å². The van der Waals surface area contributed by atoms with Crippen LogP contribution in [0.5, 0.6) is 5.75 Å². The fourth-order valence-electron chi connectivity index (χ4n) is 1.61. The summed E-state index contributed by atoms with van der Waals surface area (Å²) in [5, 5.41) is 12.3. The topological polar surface area (TPSA) is 49.7 Å². The highest BCUT2D eigenvalue weighted by molar-refractivity contribution is 6.31. The number of hydrogen-bond acceptors (Lipinski definition) is 3. The Hall–Kier alpha value is -1.94. The maximum absolute atomic E-state index is 13.2. The van der Waals surface area contributed by atoms with Crippen molar-refractivity contribution in [2.45, 2.75) is 6.54 Å². The average Bonchev–Trinajstić information content (AvgIpc) is 2.35. The Morgan fingerprint density at radius 3 is 2.44 bits per heavy atom. The molecule has 0 atom stereocenters. The van der Waals surface area contributed by atoms with E-state index in [0.29, 0.717) is 21.7 Å². The zero-order chi connectivity index (χ0) is 13.1. The molecule has 0 spiro atoms. The van der Waals surface area contributed by atoms with Crippen LogP contribution in [0.15, 0.2) is 41.6 Å². The smallest absolute Gasteiger partial charge is 0.165 e. The minimum absolute atomic E-state index is 0.00303. The van der Waals surface area contributed by atoms with Gasteiger partial charge in [-0.05, 0) is 34.9 Å². The van der Waals surface area contributed by atoms with Gasteiger partial charge in [0.2, 0.25) is 0 Å². The summed E-state index contributed by atoms with van der Waals surface area (Å²) in [6, 6.07) is 9.11. The molecule has 0 radical (unpaired) electrons. The summed E-state index contributed by atoms with van der Waals surface area (Å²) < 4.78 is 13.2. The lowest BCUT2D eigenvalue weighted by Crippen LogP contribution is -1.86. The summed E-state index contributed by atoms with van der Waals surface area (Å²) in [6.45, 7) is 0.00303. The van der Waals surface area contributed by atoms with Crippen LogP contribution in [0.2, 0.25) is 5.02 Å². The molecule has 0 saturated heterocycles. The second-order valence-electron chi connectivity index (χ2n) is 3.76. The highest BCUT2D eigenvalue weighted by Gasteiger charge is 2.06. The van der Waals surface area contributed by atoms with Crippen molar-refractivity contribution in [2.75, 3.05) is 0 Å². The largest absolute Gasteiger partial charge is 0.505 e. The highest BCUT2D eigenvalue weighted by atomic mass is 35.5. The maximum atomic E-state index is 13.2. The van der Waals surface area contributed by atoms with Crippen LogP contribution in [0.3, 0.4) is 0 Å². The Morgan fingerprint density at radius 1 is 1.17 bits per heavy atom. The van der Waals surface area contributed by atoms with Gasteiger partial charge in [0.1, 0.15) is 6.54 Å². The van der Waals surface area contributed by atoms with Crippen molar-refractivity contribution < 1.29 is 9.50 Å². The van der Waals surface area contributed by atoms with Gasteiger partial charge in [-0.1, -0.05) is 35.0 Å². The summed E-state index contributed by atoms with van der Waals surface area (Å²) >= 11 is 5.99. The van der Waals surface area contributed by atoms with Crippen LogP contribution < -0.4 is 0 Å². The standard InChI is InChI=1S/C13H9ClFNO2/c14-11-5-8(1-2-10(11)7-16-18)9-3-4-13(17)12(15)6-9/h1-6,17H,7H2. The van der Waals surface area contributed by atoms with Gasteiger partial charge in [-0.3, -0.25) is 0 Å². The predicted molar refractivity (Wildman–Crippen MR) is 68.0 cm³/mol. The van der Waals surface area contributed by atoms with Gasteiger partial charge in [-0.25, -0.2) is 4.39 Å². The van der Waals surface area contributed by atoms with Crippen LogP contribution in [-0.2, 0) is 6.54 Å². The molecule has 3 nitrogen and oxygen atoms in total. The second-order valence-corrected chi connectivity index (χ2v) is 4.17. The van der Waals surface area contributed by atoms with Gasteiger partial charge >= 0.3 is 0 Å². The number of phenolic OH excluding ortho intramolecular Hbond substituents is 1. The van der Waals surface area contributed by atoms with Crippen LogP contribution >= 0.6 is 11.6 Å². The SMILES string of the molecule is O=NCc1ccc(-c2ccc(O)c(F)c2)cc1Cl. The summed E-state index contributed by atoms with van der Waals surface area (Å²) in [5.74, 6) is -1.09. The summed E-state index contributed by atoms with van der Waals surface area (Å²) in [6.07, 6.45) is 0. The van der Waals surface area contributed by atoms with Gasteiger partial charge in [-0.15, -0.1) is 0 Å². The molecular weight excluding hydrogens is 257 g/mol. The Balaban J connectivity index is 2.42. The fourth-order valence-corrected chi connectivity index (χ4v) is 1.85. The number of rotatable bonds is 3. The zero-order valence-electron chi connectivity index (χ0n) is 9.23. The molecule has 2 rings (SSSR count). The first-order valence-corrected chi connectivity index (χ1v) is 5.56. The summed E-state index contributed by atoms with van der Waals surface area (Å²) in [7, 11) is 0. The number of nitroso groups, excluding NO2 is 1. The molecular formula is C13H9ClFNO2. The molecule has 0 saturated carbocycles. The third-order valence-corrected chi connectivity index (χ3v) is 2.92. The van der Waals surface area contributed by atoms with Crippen LogP contribution in [0.1, 0.15) is 5.56 Å². The molecule has 92 valence electrons. The van der Waals surface area contributed by atoms with Crippen LogP contribution in [0.4, 0.5) is 4.39 Å². The van der Waals surface area contributed by atoms with E-state index in [1.165, 1.54) is 12.1 Å². The molecule has 18 heavy (non-hydrogen) atoms. The molecule has 1 N–H and O–H groups in total. The molecule has 0 bridgehead atoms. The Kier molecular flexibility index (Phi) is 3.58. The van der Waals surface area contributed by atoms with E-state index in [1.54, 1.807) is 24.3 Å². The van der Waals surface area contributed by atoms with Crippen molar-refractivity contribution in [3.63, 3.8) is 0 Å². The molecule has 0 aromatic heterocycles. The normalized spacial score (nSPS) is 10.3. The van der Waals surface area contributed by atoms with Gasteiger partial charge in [0.15, 0.2) is 11.6 Å². The monoisotopic (exact) mass is 265 g/mol. The Morgan fingerprint density at radius 2 is 1.83 bits per heavy atom. The van der Waals surface area contributed by atoms with Crippen molar-refractivity contribution in [3.05, 3.63) is 57.7 Å². The van der Waals surface area contributed by atoms with Crippen LogP contribution in [-0.4, -0.2) is 5.11 Å². The third-order valence-electron chi connectivity index (χ3n) is 2.57. The first kappa shape index (κ1) is 12.5. The number of hydrogen-bond donors (Lipinski definition) is 1. The number of phenols is 1. The van der Waals surface area contributed by atoms with Crippen LogP contribution in [0, 0.1) is 10.7 Å². The van der Waals surface area contributed by atoms with E-state index in [9.17, 15) is 9.30 Å². The summed E-state index contributed by atoms with van der Waals surface area (Å²) in [5.41, 5.74) is 1.92. The van der Waals surface area contributed by atoms with Gasteiger partial charge in [-0.2, -0.15) is 4.91 Å². The molecule has 0 heterocycles. The predicted octanol–water partition coefficient (Wildman–Crippen LogP) is 4.12. The number of halogens is 2. The lowest BCUT2D eigenvalue weighted by atomic mass is 10.0. The van der Waals surface area contributed by atoms with Crippen molar-refractivity contribution in [2.24, 2.45) is 5.18 Å². The van der Waals surface area contributed by atoms with E-state index in [4.69, 9.17) is 16.7 Å². The molecule has 0 fully saturated rings. The molecule has 0 amide bonds. The quantitative estimate of drug-likeness (QED) is 0.849. The maximum Gasteiger partial charge on any atom is 0.165 e. The lowest BCUT2D eigenvalue weighted by molar-refractivity contribution is 0.432. The second kappa shape index (κ2) is 5.14. The number of nitrogens with zero attached hydrogens (tertiary/aromatic N) is 1. The molecule has 0 unspecified atom stereocenters. The molecule has 2 aromatic rings. The minimum atomic E-state index is -0.692. The molecule has 2 aromatic carbocycles. The first-order valence-electron chi connectivity index (χ1n) is 5.18. The van der Waals surface area contributed by atoms with E-state index in [2.05, 4.69) is 5.18 Å². The highest BCUT2D eigenvalue weighted by Crippen LogP contribution is 2.28. The van der Waals surface area contributed by atoms with E-state index in [0.717, 1.165) is 0 Å². The molecule has 0 aliphatic heterocycles. The summed E-state index contributed by atoms with van der Waals surface area (Å²) in [4.78, 5) is 10.2. The lowest BCUT2D eigenvalue weighted by Gasteiger charge is -2.06. The molecule has 5 heteroatoms. The van der Waals surface area contributed by atoms with Gasteiger partial charge in [0.25, 0.3) is 0 Å². The first-order chi connectivity index (χ1) is 8.61. The zero-order valence-corrected chi connectivity index (χ0v) is 9.99.